The van der Waals surface area contributed by atoms with E-state index in [0.717, 1.165) is 5.69 Å². The molecule has 4 heterocycles. The Morgan fingerprint density at radius 2 is 1.96 bits per heavy atom. The number of fused-ring (bicyclic) bond motifs is 4. The first-order chi connectivity index (χ1) is 23.4. The lowest BCUT2D eigenvalue weighted by Gasteiger charge is -2.22. The number of para-hydroxylation sites is 1. The molecule has 0 unspecified atom stereocenters. The normalized spacial score (nSPS) is 16.1. The van der Waals surface area contributed by atoms with Gasteiger partial charge in [0.25, 0.3) is 0 Å². The fourth-order valence-corrected chi connectivity index (χ4v) is 5.62. The Balaban J connectivity index is 1.26. The number of pyridine rings is 1. The first-order valence-electron chi connectivity index (χ1n) is 15.1. The Morgan fingerprint density at radius 1 is 1.12 bits per heavy atom. The van der Waals surface area contributed by atoms with Crippen LogP contribution in [0.5, 0.6) is 0 Å². The monoisotopic (exact) mass is 665 g/mol. The Hall–Kier alpha value is -5.94. The fraction of sp³-hybridized carbons (Fsp3) is 0.212. The molecule has 0 saturated heterocycles. The smallest absolute Gasteiger partial charge is 0.244 e. The number of imidazole rings is 1. The predicted octanol–water partition coefficient (Wildman–Crippen LogP) is 4.65. The minimum atomic E-state index is -0.736. The van der Waals surface area contributed by atoms with Gasteiger partial charge in [-0.2, -0.15) is 9.94 Å². The number of nitrogens with zero attached hydrogens (tertiary/aromatic N) is 7. The second-order valence-electron chi connectivity index (χ2n) is 11.0. The number of hydrogen-bond acceptors (Lipinski definition) is 9. The number of aromatic amines is 1. The molecule has 15 heteroatoms. The van der Waals surface area contributed by atoms with Crippen molar-refractivity contribution in [1.82, 2.24) is 45.8 Å². The van der Waals surface area contributed by atoms with Crippen LogP contribution >= 0.6 is 11.6 Å². The molecule has 2 bridgehead atoms. The summed E-state index contributed by atoms with van der Waals surface area (Å²) in [5.41, 5.74) is 2.92. The van der Waals surface area contributed by atoms with Crippen molar-refractivity contribution in [3.05, 3.63) is 107 Å². The van der Waals surface area contributed by atoms with E-state index in [-0.39, 0.29) is 34.4 Å². The molecule has 5 aromatic rings. The zero-order chi connectivity index (χ0) is 33.5. The van der Waals surface area contributed by atoms with Gasteiger partial charge in [-0.15, -0.1) is 5.10 Å². The molecule has 48 heavy (non-hydrogen) atoms. The van der Waals surface area contributed by atoms with Crippen LogP contribution in [0.25, 0.3) is 23.0 Å². The summed E-state index contributed by atoms with van der Waals surface area (Å²) in [6, 6.07) is 16.7. The van der Waals surface area contributed by atoms with E-state index in [1.165, 1.54) is 29.2 Å². The lowest BCUT2D eigenvalue weighted by Crippen LogP contribution is -2.39. The van der Waals surface area contributed by atoms with Crippen molar-refractivity contribution in [2.45, 2.75) is 44.3 Å². The lowest BCUT2D eigenvalue weighted by molar-refractivity contribution is -0.122. The number of anilines is 1. The van der Waals surface area contributed by atoms with Crippen LogP contribution in [0.1, 0.15) is 54.5 Å². The number of halogens is 2. The Kier molecular flexibility index (Phi) is 9.77. The van der Waals surface area contributed by atoms with E-state index in [9.17, 15) is 14.9 Å². The fourth-order valence-electron chi connectivity index (χ4n) is 5.46. The maximum absolute atomic E-state index is 15.1. The second-order valence-corrected chi connectivity index (χ2v) is 11.4. The molecule has 0 fully saturated rings. The highest BCUT2D eigenvalue weighted by Crippen LogP contribution is 2.33. The highest BCUT2D eigenvalue weighted by Gasteiger charge is 2.26. The third-order valence-electron chi connectivity index (χ3n) is 7.83. The molecule has 2 atom stereocenters. The highest BCUT2D eigenvalue weighted by molar-refractivity contribution is 6.31. The lowest BCUT2D eigenvalue weighted by atomic mass is 10.0. The number of rotatable bonds is 7. The number of nitriles is 1. The van der Waals surface area contributed by atoms with Gasteiger partial charge in [-0.25, -0.2) is 9.37 Å². The van der Waals surface area contributed by atoms with Crippen LogP contribution in [0, 0.1) is 17.1 Å². The Bertz CT molecular complexity index is 1990. The molecule has 2 aromatic carbocycles. The van der Waals surface area contributed by atoms with Gasteiger partial charge in [-0.3, -0.25) is 14.6 Å². The molecule has 2 amide bonds. The second kappa shape index (κ2) is 14.7. The van der Waals surface area contributed by atoms with Gasteiger partial charge < -0.3 is 20.9 Å². The summed E-state index contributed by atoms with van der Waals surface area (Å²) >= 11 is 6.03. The number of aromatic nitrogens is 7. The minimum Gasteiger partial charge on any atom is -0.373 e. The van der Waals surface area contributed by atoms with E-state index in [2.05, 4.69) is 52.5 Å². The van der Waals surface area contributed by atoms with Crippen LogP contribution < -0.4 is 16.0 Å². The number of tetrazole rings is 1. The predicted molar refractivity (Wildman–Crippen MR) is 175 cm³/mol. The average molecular weight is 666 g/mol. The zero-order valence-electron chi connectivity index (χ0n) is 25.4. The molecule has 6 rings (SSSR count). The van der Waals surface area contributed by atoms with Crippen molar-refractivity contribution in [3.63, 3.8) is 0 Å². The van der Waals surface area contributed by atoms with Gasteiger partial charge in [0, 0.05) is 29.1 Å². The van der Waals surface area contributed by atoms with Gasteiger partial charge in [-0.1, -0.05) is 48.7 Å². The van der Waals surface area contributed by atoms with Crippen LogP contribution in [0.2, 0.25) is 5.02 Å². The molecular weight excluding hydrogens is 637 g/mol. The van der Waals surface area contributed by atoms with E-state index in [4.69, 9.17) is 11.6 Å². The number of hydrogen-bond donors (Lipinski definition) is 4. The standard InChI is InChI=1S/C33H29ClFN11O2/c34-23-13-14-28(46-19-39-44-45-46)22(30(23)35)12-15-29(47)41-25-10-3-4-11-26(33(48)38-18-20-7-5-6-16-37-20)40-24-9-2-1-8-21(24)31-27(17-36)42-32(25)43-31/h1-2,5-9,12-16,19,25-26,40H,3-4,10-11,18H2,(H,38,48)(H,41,47)(H,42,43)/b15-12+/t25-,26+/m0/s1. The van der Waals surface area contributed by atoms with Crippen LogP contribution in [0.3, 0.4) is 0 Å². The Morgan fingerprint density at radius 3 is 2.75 bits per heavy atom. The van der Waals surface area contributed by atoms with E-state index in [1.54, 1.807) is 12.3 Å². The van der Waals surface area contributed by atoms with E-state index < -0.39 is 23.8 Å². The summed E-state index contributed by atoms with van der Waals surface area (Å²) < 4.78 is 16.3. The number of amides is 2. The van der Waals surface area contributed by atoms with Crippen molar-refractivity contribution in [2.24, 2.45) is 0 Å². The number of nitrogens with one attached hydrogen (secondary N) is 4. The molecule has 3 aromatic heterocycles. The zero-order valence-corrected chi connectivity index (χ0v) is 26.2. The largest absolute Gasteiger partial charge is 0.373 e. The first kappa shape index (κ1) is 32.0. The first-order valence-corrected chi connectivity index (χ1v) is 15.5. The van der Waals surface area contributed by atoms with Crippen LogP contribution in [-0.4, -0.2) is 53.0 Å². The van der Waals surface area contributed by atoms with Gasteiger partial charge in [-0.05, 0) is 59.7 Å². The van der Waals surface area contributed by atoms with Crippen molar-refractivity contribution in [2.75, 3.05) is 5.32 Å². The van der Waals surface area contributed by atoms with Gasteiger partial charge >= 0.3 is 0 Å². The van der Waals surface area contributed by atoms with Gasteiger partial charge in [0.15, 0.2) is 11.5 Å². The maximum Gasteiger partial charge on any atom is 0.244 e. The average Bonchev–Trinajstić information content (AvgIpc) is 3.80. The van der Waals surface area contributed by atoms with Crippen molar-refractivity contribution in [1.29, 1.82) is 5.26 Å². The topological polar surface area (TPSA) is 179 Å². The van der Waals surface area contributed by atoms with Gasteiger partial charge in [0.1, 0.15) is 24.3 Å². The van der Waals surface area contributed by atoms with Crippen LogP contribution in [-0.2, 0) is 16.1 Å². The molecule has 4 N–H and O–H groups in total. The van der Waals surface area contributed by atoms with Crippen molar-refractivity contribution >= 4 is 35.2 Å². The summed E-state index contributed by atoms with van der Waals surface area (Å²) in [5, 5.41) is 30.2. The van der Waals surface area contributed by atoms with Gasteiger partial charge in [0.05, 0.1) is 34.7 Å². The van der Waals surface area contributed by atoms with Crippen LogP contribution in [0.4, 0.5) is 10.1 Å². The molecule has 1 aliphatic heterocycles. The number of carbonyl (C=O) groups excluding carboxylic acids is 2. The summed E-state index contributed by atoms with van der Waals surface area (Å²) in [4.78, 5) is 38.8. The maximum atomic E-state index is 15.1. The van der Waals surface area contributed by atoms with Crippen LogP contribution in [0.15, 0.2) is 73.2 Å². The molecular formula is C33H29ClFN11O2. The third-order valence-corrected chi connectivity index (χ3v) is 8.12. The van der Waals surface area contributed by atoms with E-state index in [0.29, 0.717) is 48.5 Å². The van der Waals surface area contributed by atoms with E-state index >= 15 is 4.39 Å². The molecule has 0 spiro atoms. The summed E-state index contributed by atoms with van der Waals surface area (Å²) in [6.07, 6.45) is 7.67. The highest BCUT2D eigenvalue weighted by atomic mass is 35.5. The third kappa shape index (κ3) is 7.21. The number of carbonyl (C=O) groups is 2. The Labute approximate surface area is 279 Å². The molecule has 242 valence electrons. The number of benzene rings is 2. The SMILES string of the molecule is N#Cc1nc2[nH]c1-c1ccccc1N[C@@H](C(=O)NCc1ccccn1)CCCC[C@@H]2NC(=O)/C=C/c1c(-n2cnnn2)ccc(Cl)c1F. The van der Waals surface area contributed by atoms with Crippen molar-refractivity contribution < 1.29 is 14.0 Å². The molecule has 0 saturated carbocycles. The minimum absolute atomic E-state index is 0.0205. The number of H-pyrrole nitrogens is 1. The van der Waals surface area contributed by atoms with E-state index in [1.807, 2.05) is 42.5 Å². The summed E-state index contributed by atoms with van der Waals surface area (Å²) in [7, 11) is 0. The molecule has 1 aliphatic rings. The summed E-state index contributed by atoms with van der Waals surface area (Å²) in [5.74, 6) is -1.06. The van der Waals surface area contributed by atoms with Crippen molar-refractivity contribution in [3.8, 4) is 23.0 Å². The molecule has 0 radical (unpaired) electrons. The summed E-state index contributed by atoms with van der Waals surface area (Å²) in [6.45, 7) is 0.278. The van der Waals surface area contributed by atoms with Gasteiger partial charge in [0.2, 0.25) is 11.8 Å². The quantitative estimate of drug-likeness (QED) is 0.180. The molecule has 0 aliphatic carbocycles. The molecule has 13 nitrogen and oxygen atoms in total.